The van der Waals surface area contributed by atoms with Crippen molar-refractivity contribution in [3.05, 3.63) is 64.2 Å². The number of hydrogen-bond donors (Lipinski definition) is 1. The molecular formula is C18H21NO4. The van der Waals surface area contributed by atoms with Crippen LogP contribution in [0, 0.1) is 6.92 Å². The number of carbonyl (C=O) groups excluding carboxylic acids is 1. The van der Waals surface area contributed by atoms with Gasteiger partial charge in [0.1, 0.15) is 5.76 Å². The van der Waals surface area contributed by atoms with Crippen LogP contribution >= 0.6 is 0 Å². The summed E-state index contributed by atoms with van der Waals surface area (Å²) in [5.41, 5.74) is 0.945. The summed E-state index contributed by atoms with van der Waals surface area (Å²) in [6, 6.07) is 11.4. The van der Waals surface area contributed by atoms with Crippen molar-refractivity contribution in [3.8, 4) is 5.75 Å². The zero-order valence-electron chi connectivity index (χ0n) is 13.4. The molecule has 0 spiro atoms. The lowest BCUT2D eigenvalue weighted by Gasteiger charge is -2.14. The number of hydrogen-bond acceptors (Lipinski definition) is 4. The van der Waals surface area contributed by atoms with Gasteiger partial charge in [-0.05, 0) is 32.3 Å². The Hall–Kier alpha value is -2.56. The zero-order valence-corrected chi connectivity index (χ0v) is 13.4. The van der Waals surface area contributed by atoms with E-state index in [0.29, 0.717) is 5.76 Å². The molecule has 0 saturated carbocycles. The van der Waals surface area contributed by atoms with E-state index in [1.54, 1.807) is 6.92 Å². The Bertz CT molecular complexity index is 694. The molecule has 0 unspecified atom stereocenters. The molecule has 1 aromatic heterocycles. The van der Waals surface area contributed by atoms with Gasteiger partial charge in [-0.2, -0.15) is 0 Å². The van der Waals surface area contributed by atoms with Crippen LogP contribution in [0.2, 0.25) is 0 Å². The first-order valence-corrected chi connectivity index (χ1v) is 7.60. The van der Waals surface area contributed by atoms with Crippen LogP contribution in [0.25, 0.3) is 0 Å². The first-order chi connectivity index (χ1) is 11.1. The van der Waals surface area contributed by atoms with Crippen LogP contribution < -0.4 is 15.5 Å². The standard InChI is InChI=1S/C18H21NO4/c1-13(8-9-15-6-4-3-5-7-15)19-17(21)12-23-18-14(2)22-11-10-16(18)20/h3-7,10-11,13H,8-9,12H2,1-2H3,(H,19,21)/t13-/m1/s1. The Labute approximate surface area is 135 Å². The van der Waals surface area contributed by atoms with Crippen molar-refractivity contribution >= 4 is 5.91 Å². The zero-order chi connectivity index (χ0) is 16.7. The van der Waals surface area contributed by atoms with Gasteiger partial charge in [0.05, 0.1) is 6.26 Å². The van der Waals surface area contributed by atoms with E-state index in [0.717, 1.165) is 12.8 Å². The molecule has 0 aliphatic rings. The lowest BCUT2D eigenvalue weighted by atomic mass is 10.1. The second-order valence-electron chi connectivity index (χ2n) is 5.45. The predicted octanol–water partition coefficient (Wildman–Crippen LogP) is 2.46. The summed E-state index contributed by atoms with van der Waals surface area (Å²) in [5.74, 6) is 0.190. The number of carbonyl (C=O) groups is 1. The lowest BCUT2D eigenvalue weighted by Crippen LogP contribution is -2.36. The van der Waals surface area contributed by atoms with Crippen LogP contribution in [0.15, 0.2) is 51.9 Å². The summed E-state index contributed by atoms with van der Waals surface area (Å²) in [6.45, 7) is 3.37. The Kier molecular flexibility index (Phi) is 5.97. The van der Waals surface area contributed by atoms with Gasteiger partial charge in [-0.15, -0.1) is 0 Å². The minimum Gasteiger partial charge on any atom is -0.476 e. The maximum absolute atomic E-state index is 11.9. The molecule has 5 heteroatoms. The Balaban J connectivity index is 1.77. The van der Waals surface area contributed by atoms with Gasteiger partial charge in [-0.1, -0.05) is 30.3 Å². The number of rotatable bonds is 7. The highest BCUT2D eigenvalue weighted by molar-refractivity contribution is 5.77. The molecule has 2 rings (SSSR count). The van der Waals surface area contributed by atoms with E-state index < -0.39 is 0 Å². The van der Waals surface area contributed by atoms with Gasteiger partial charge in [0, 0.05) is 12.1 Å². The van der Waals surface area contributed by atoms with E-state index in [4.69, 9.17) is 9.15 Å². The number of amides is 1. The summed E-state index contributed by atoms with van der Waals surface area (Å²) >= 11 is 0. The van der Waals surface area contributed by atoms with Gasteiger partial charge in [0.15, 0.2) is 6.61 Å². The lowest BCUT2D eigenvalue weighted by molar-refractivity contribution is -0.123. The molecule has 0 bridgehead atoms. The van der Waals surface area contributed by atoms with Crippen LogP contribution in [0.5, 0.6) is 5.75 Å². The molecule has 122 valence electrons. The van der Waals surface area contributed by atoms with Crippen molar-refractivity contribution in [2.24, 2.45) is 0 Å². The molecule has 1 aromatic carbocycles. The van der Waals surface area contributed by atoms with Gasteiger partial charge in [-0.3, -0.25) is 9.59 Å². The van der Waals surface area contributed by atoms with Crippen molar-refractivity contribution < 1.29 is 13.9 Å². The monoisotopic (exact) mass is 315 g/mol. The molecule has 2 aromatic rings. The summed E-state index contributed by atoms with van der Waals surface area (Å²) in [6.07, 6.45) is 3.03. The normalized spacial score (nSPS) is 11.7. The molecule has 0 aliphatic heterocycles. The van der Waals surface area contributed by atoms with Crippen molar-refractivity contribution in [2.45, 2.75) is 32.7 Å². The Morgan fingerprint density at radius 3 is 2.70 bits per heavy atom. The minimum absolute atomic E-state index is 0.0274. The van der Waals surface area contributed by atoms with E-state index in [9.17, 15) is 9.59 Å². The highest BCUT2D eigenvalue weighted by atomic mass is 16.5. The minimum atomic E-state index is -0.293. The average molecular weight is 315 g/mol. The number of ether oxygens (including phenoxy) is 1. The fourth-order valence-corrected chi connectivity index (χ4v) is 2.23. The second kappa shape index (κ2) is 8.17. The SMILES string of the molecule is Cc1occc(=O)c1OCC(=O)N[C@H](C)CCc1ccccc1. The van der Waals surface area contributed by atoms with Gasteiger partial charge in [-0.25, -0.2) is 0 Å². The van der Waals surface area contributed by atoms with E-state index >= 15 is 0 Å². The van der Waals surface area contributed by atoms with E-state index in [1.165, 1.54) is 17.9 Å². The van der Waals surface area contributed by atoms with Crippen molar-refractivity contribution in [1.82, 2.24) is 5.32 Å². The van der Waals surface area contributed by atoms with Crippen LogP contribution in [-0.4, -0.2) is 18.6 Å². The molecule has 1 N–H and O–H groups in total. The number of aryl methyl sites for hydroxylation is 2. The Morgan fingerprint density at radius 1 is 1.26 bits per heavy atom. The van der Waals surface area contributed by atoms with Gasteiger partial charge >= 0.3 is 0 Å². The summed E-state index contributed by atoms with van der Waals surface area (Å²) in [4.78, 5) is 23.5. The molecule has 0 radical (unpaired) electrons. The van der Waals surface area contributed by atoms with Crippen molar-refractivity contribution in [2.75, 3.05) is 6.61 Å². The smallest absolute Gasteiger partial charge is 0.258 e. The topological polar surface area (TPSA) is 68.5 Å². The highest BCUT2D eigenvalue weighted by Crippen LogP contribution is 2.10. The largest absolute Gasteiger partial charge is 0.476 e. The maximum atomic E-state index is 11.9. The highest BCUT2D eigenvalue weighted by Gasteiger charge is 2.11. The molecule has 1 heterocycles. The molecule has 1 amide bonds. The molecule has 0 aliphatic carbocycles. The Morgan fingerprint density at radius 2 is 2.00 bits per heavy atom. The van der Waals surface area contributed by atoms with E-state index in [2.05, 4.69) is 17.4 Å². The predicted molar refractivity (Wildman–Crippen MR) is 87.6 cm³/mol. The molecular weight excluding hydrogens is 294 g/mol. The summed E-state index contributed by atoms with van der Waals surface area (Å²) < 4.78 is 10.4. The second-order valence-corrected chi connectivity index (χ2v) is 5.45. The van der Waals surface area contributed by atoms with Crippen molar-refractivity contribution in [1.29, 1.82) is 0 Å². The molecule has 1 atom stereocenters. The third kappa shape index (κ3) is 5.29. The first-order valence-electron chi connectivity index (χ1n) is 7.60. The van der Waals surface area contributed by atoms with Crippen LogP contribution in [-0.2, 0) is 11.2 Å². The van der Waals surface area contributed by atoms with Gasteiger partial charge in [0.2, 0.25) is 11.2 Å². The fraction of sp³-hybridized carbons (Fsp3) is 0.333. The number of benzene rings is 1. The van der Waals surface area contributed by atoms with Gasteiger partial charge in [0.25, 0.3) is 5.91 Å². The molecule has 0 fully saturated rings. The molecule has 5 nitrogen and oxygen atoms in total. The van der Waals surface area contributed by atoms with Gasteiger partial charge < -0.3 is 14.5 Å². The van der Waals surface area contributed by atoms with Crippen LogP contribution in [0.1, 0.15) is 24.7 Å². The maximum Gasteiger partial charge on any atom is 0.258 e. The average Bonchev–Trinajstić information content (AvgIpc) is 2.53. The quantitative estimate of drug-likeness (QED) is 0.852. The third-order valence-corrected chi connectivity index (χ3v) is 3.47. The fourth-order valence-electron chi connectivity index (χ4n) is 2.23. The van der Waals surface area contributed by atoms with E-state index in [-0.39, 0.29) is 29.7 Å². The van der Waals surface area contributed by atoms with Crippen LogP contribution in [0.3, 0.4) is 0 Å². The molecule has 0 saturated heterocycles. The van der Waals surface area contributed by atoms with E-state index in [1.807, 2.05) is 25.1 Å². The number of nitrogens with one attached hydrogen (secondary N) is 1. The van der Waals surface area contributed by atoms with Crippen molar-refractivity contribution in [3.63, 3.8) is 0 Å². The summed E-state index contributed by atoms with van der Waals surface area (Å²) in [5, 5.41) is 2.86. The van der Waals surface area contributed by atoms with Crippen LogP contribution in [0.4, 0.5) is 0 Å². The first kappa shape index (κ1) is 16.8. The summed E-state index contributed by atoms with van der Waals surface area (Å²) in [7, 11) is 0. The molecule has 23 heavy (non-hydrogen) atoms. The third-order valence-electron chi connectivity index (χ3n) is 3.47.